The van der Waals surface area contributed by atoms with Gasteiger partial charge in [0.2, 0.25) is 0 Å². The van der Waals surface area contributed by atoms with Crippen molar-refractivity contribution in [2.24, 2.45) is 5.92 Å². The zero-order valence-electron chi connectivity index (χ0n) is 14.0. The van der Waals surface area contributed by atoms with Gasteiger partial charge < -0.3 is 14.6 Å². The lowest BCUT2D eigenvalue weighted by Crippen LogP contribution is -2.31. The molecular formula is C18H28O3. The number of aliphatic hydroxyl groups is 1. The minimum Gasteiger partial charge on any atom is -0.389 e. The summed E-state index contributed by atoms with van der Waals surface area (Å²) in [5.41, 5.74) is 3.56. The summed E-state index contributed by atoms with van der Waals surface area (Å²) in [6.07, 6.45) is 6.44. The van der Waals surface area contributed by atoms with E-state index in [9.17, 15) is 5.11 Å². The normalized spacial score (nSPS) is 30.0. The molecule has 0 aromatic rings. The summed E-state index contributed by atoms with van der Waals surface area (Å²) < 4.78 is 12.1. The summed E-state index contributed by atoms with van der Waals surface area (Å²) in [6, 6.07) is 0. The van der Waals surface area contributed by atoms with E-state index in [0.717, 1.165) is 5.57 Å². The molecule has 1 N–H and O–H groups in total. The Labute approximate surface area is 128 Å². The van der Waals surface area contributed by atoms with Crippen molar-refractivity contribution in [2.75, 3.05) is 0 Å². The average molecular weight is 292 g/mol. The van der Waals surface area contributed by atoms with Crippen molar-refractivity contribution in [1.82, 2.24) is 0 Å². The quantitative estimate of drug-likeness (QED) is 0.802. The van der Waals surface area contributed by atoms with Crippen LogP contribution in [-0.2, 0) is 9.47 Å². The van der Waals surface area contributed by atoms with Gasteiger partial charge in [0, 0.05) is 0 Å². The predicted molar refractivity (Wildman–Crippen MR) is 84.9 cm³/mol. The monoisotopic (exact) mass is 292 g/mol. The molecule has 1 heterocycles. The van der Waals surface area contributed by atoms with Crippen molar-refractivity contribution in [1.29, 1.82) is 0 Å². The van der Waals surface area contributed by atoms with Crippen LogP contribution in [0.25, 0.3) is 0 Å². The van der Waals surface area contributed by atoms with Gasteiger partial charge in [-0.15, -0.1) is 0 Å². The highest BCUT2D eigenvalue weighted by molar-refractivity contribution is 5.34. The van der Waals surface area contributed by atoms with Gasteiger partial charge in [-0.25, -0.2) is 0 Å². The summed E-state index contributed by atoms with van der Waals surface area (Å²) in [6.45, 7) is 12.2. The van der Waals surface area contributed by atoms with Crippen LogP contribution < -0.4 is 0 Å². The lowest BCUT2D eigenvalue weighted by atomic mass is 9.83. The molecule has 1 aliphatic heterocycles. The molecule has 0 aromatic carbocycles. The standard InChI is InChI=1S/C18H28O3/c1-11(2)9-14(19)10-13(4)15-8-7-12(3)16-17(15)21-18(5,6)20-16/h7-9,13-14,16-17,19H,10H2,1-6H3/t13-,14+,16-,17+/m0/s1. The van der Waals surface area contributed by atoms with Crippen LogP contribution in [0.15, 0.2) is 34.9 Å². The lowest BCUT2D eigenvalue weighted by molar-refractivity contribution is -0.140. The maximum atomic E-state index is 10.1. The Morgan fingerprint density at radius 1 is 1.29 bits per heavy atom. The molecule has 0 aromatic heterocycles. The predicted octanol–water partition coefficient (Wildman–Crippen LogP) is 3.75. The summed E-state index contributed by atoms with van der Waals surface area (Å²) >= 11 is 0. The fraction of sp³-hybridized carbons (Fsp3) is 0.667. The van der Waals surface area contributed by atoms with E-state index in [2.05, 4.69) is 26.0 Å². The minimum absolute atomic E-state index is 0.00282. The molecular weight excluding hydrogens is 264 g/mol. The highest BCUT2D eigenvalue weighted by Crippen LogP contribution is 2.40. The summed E-state index contributed by atoms with van der Waals surface area (Å²) in [5.74, 6) is -0.295. The third-order valence-corrected chi connectivity index (χ3v) is 4.10. The van der Waals surface area contributed by atoms with Crippen molar-refractivity contribution in [2.45, 2.75) is 72.1 Å². The molecule has 3 nitrogen and oxygen atoms in total. The molecule has 0 spiro atoms. The first-order valence-electron chi connectivity index (χ1n) is 7.76. The zero-order valence-corrected chi connectivity index (χ0v) is 14.0. The van der Waals surface area contributed by atoms with Crippen LogP contribution in [0, 0.1) is 5.92 Å². The first-order valence-corrected chi connectivity index (χ1v) is 7.76. The highest BCUT2D eigenvalue weighted by Gasteiger charge is 2.45. The smallest absolute Gasteiger partial charge is 0.164 e. The van der Waals surface area contributed by atoms with Gasteiger partial charge >= 0.3 is 0 Å². The number of ether oxygens (including phenoxy) is 2. The molecule has 1 aliphatic carbocycles. The maximum Gasteiger partial charge on any atom is 0.164 e. The molecule has 4 atom stereocenters. The Balaban J connectivity index is 2.14. The molecule has 1 saturated heterocycles. The first kappa shape index (κ1) is 16.5. The summed E-state index contributed by atoms with van der Waals surface area (Å²) in [7, 11) is 0. The SMILES string of the molecule is CC(C)=C[C@@H](O)C[C@H](C)C1=CC=C(C)[C@@H]2OC(C)(C)O[C@H]12. The van der Waals surface area contributed by atoms with E-state index in [0.29, 0.717) is 6.42 Å². The third kappa shape index (κ3) is 3.85. The van der Waals surface area contributed by atoms with E-state index >= 15 is 0 Å². The Kier molecular flexibility index (Phi) is 4.76. The third-order valence-electron chi connectivity index (χ3n) is 4.10. The number of rotatable bonds is 4. The highest BCUT2D eigenvalue weighted by atomic mass is 16.8. The number of fused-ring (bicyclic) bond motifs is 1. The van der Waals surface area contributed by atoms with Crippen molar-refractivity contribution >= 4 is 0 Å². The van der Waals surface area contributed by atoms with Crippen molar-refractivity contribution in [3.05, 3.63) is 34.9 Å². The lowest BCUT2D eigenvalue weighted by Gasteiger charge is -2.28. The maximum absolute atomic E-state index is 10.1. The second-order valence-electron chi connectivity index (χ2n) is 7.00. The molecule has 0 bridgehead atoms. The van der Waals surface area contributed by atoms with Crippen LogP contribution in [0.1, 0.15) is 48.0 Å². The molecule has 0 saturated carbocycles. The topological polar surface area (TPSA) is 38.7 Å². The van der Waals surface area contributed by atoms with Gasteiger partial charge in [0.05, 0.1) is 6.10 Å². The zero-order chi connectivity index (χ0) is 15.8. The van der Waals surface area contributed by atoms with Gasteiger partial charge in [-0.3, -0.25) is 0 Å². The van der Waals surface area contributed by atoms with E-state index in [1.165, 1.54) is 11.1 Å². The van der Waals surface area contributed by atoms with Crippen LogP contribution >= 0.6 is 0 Å². The molecule has 2 rings (SSSR count). The second-order valence-corrected chi connectivity index (χ2v) is 7.00. The number of aliphatic hydroxyl groups excluding tert-OH is 1. The van der Waals surface area contributed by atoms with Crippen molar-refractivity contribution in [3.8, 4) is 0 Å². The largest absolute Gasteiger partial charge is 0.389 e. The molecule has 3 heteroatoms. The van der Waals surface area contributed by atoms with E-state index in [-0.39, 0.29) is 18.1 Å². The number of allylic oxidation sites excluding steroid dienone is 3. The molecule has 118 valence electrons. The van der Waals surface area contributed by atoms with E-state index in [4.69, 9.17) is 9.47 Å². The van der Waals surface area contributed by atoms with Crippen LogP contribution in [0.5, 0.6) is 0 Å². The second kappa shape index (κ2) is 6.07. The fourth-order valence-corrected chi connectivity index (χ4v) is 3.15. The Morgan fingerprint density at radius 3 is 2.52 bits per heavy atom. The van der Waals surface area contributed by atoms with Crippen molar-refractivity contribution in [3.63, 3.8) is 0 Å². The van der Waals surface area contributed by atoms with Gasteiger partial charge in [-0.1, -0.05) is 30.7 Å². The fourth-order valence-electron chi connectivity index (χ4n) is 3.15. The molecule has 1 fully saturated rings. The molecule has 2 aliphatic rings. The van der Waals surface area contributed by atoms with Gasteiger partial charge in [0.25, 0.3) is 0 Å². The number of hydrogen-bond donors (Lipinski definition) is 1. The first-order chi connectivity index (χ1) is 9.69. The summed E-state index contributed by atoms with van der Waals surface area (Å²) in [4.78, 5) is 0. The van der Waals surface area contributed by atoms with Crippen LogP contribution in [-0.4, -0.2) is 29.2 Å². The van der Waals surface area contributed by atoms with Crippen LogP contribution in [0.2, 0.25) is 0 Å². The van der Waals surface area contributed by atoms with Gasteiger partial charge in [-0.05, 0) is 58.1 Å². The Bertz CT molecular complexity index is 481. The van der Waals surface area contributed by atoms with Gasteiger partial charge in [0.15, 0.2) is 5.79 Å². The van der Waals surface area contributed by atoms with Crippen LogP contribution in [0.3, 0.4) is 0 Å². The Morgan fingerprint density at radius 2 is 1.90 bits per heavy atom. The molecule has 0 amide bonds. The Hall–Kier alpha value is -0.900. The van der Waals surface area contributed by atoms with E-state index in [1.54, 1.807) is 0 Å². The average Bonchev–Trinajstić information content (AvgIpc) is 2.64. The minimum atomic E-state index is -0.549. The van der Waals surface area contributed by atoms with Gasteiger partial charge in [-0.2, -0.15) is 0 Å². The van der Waals surface area contributed by atoms with E-state index in [1.807, 2.05) is 33.8 Å². The molecule has 21 heavy (non-hydrogen) atoms. The van der Waals surface area contributed by atoms with E-state index < -0.39 is 11.9 Å². The van der Waals surface area contributed by atoms with Crippen LogP contribution in [0.4, 0.5) is 0 Å². The number of hydrogen-bond acceptors (Lipinski definition) is 3. The molecule has 0 unspecified atom stereocenters. The summed E-state index contributed by atoms with van der Waals surface area (Å²) in [5, 5.41) is 10.1. The molecule has 0 radical (unpaired) electrons. The van der Waals surface area contributed by atoms with Gasteiger partial charge in [0.1, 0.15) is 12.2 Å². The van der Waals surface area contributed by atoms with Crippen molar-refractivity contribution < 1.29 is 14.6 Å².